The van der Waals surface area contributed by atoms with Gasteiger partial charge in [-0.3, -0.25) is 10.8 Å². The van der Waals surface area contributed by atoms with E-state index in [9.17, 15) is 13.2 Å². The number of nitrogens with one attached hydrogen (secondary N) is 1. The molecule has 0 bridgehead atoms. The maximum Gasteiger partial charge on any atom is 0.416 e. The van der Waals surface area contributed by atoms with Crippen molar-refractivity contribution in [1.29, 1.82) is 0 Å². The van der Waals surface area contributed by atoms with Crippen molar-refractivity contribution in [2.75, 3.05) is 0 Å². The molecule has 1 aromatic carbocycles. The van der Waals surface area contributed by atoms with Gasteiger partial charge in [-0.2, -0.15) is 13.2 Å². The first kappa shape index (κ1) is 15.9. The summed E-state index contributed by atoms with van der Waals surface area (Å²) < 4.78 is 40.0. The van der Waals surface area contributed by atoms with E-state index in [1.165, 1.54) is 6.20 Å². The number of hydrogen-bond acceptors (Lipinski definition) is 3. The van der Waals surface area contributed by atoms with Gasteiger partial charge >= 0.3 is 6.18 Å². The van der Waals surface area contributed by atoms with Gasteiger partial charge < -0.3 is 0 Å². The normalized spacial score (nSPS) is 13.2. The molecule has 2 aromatic rings. The first-order valence-corrected chi connectivity index (χ1v) is 6.87. The molecule has 2 rings (SSSR count). The van der Waals surface area contributed by atoms with Crippen molar-refractivity contribution in [3.8, 4) is 0 Å². The van der Waals surface area contributed by atoms with Crippen LogP contribution in [0.4, 0.5) is 13.2 Å². The quantitative estimate of drug-likeness (QED) is 0.648. The monoisotopic (exact) mass is 359 g/mol. The van der Waals surface area contributed by atoms with E-state index >= 15 is 0 Å². The fraction of sp³-hybridized carbons (Fsp3) is 0.214. The Bertz CT molecular complexity index is 644. The van der Waals surface area contributed by atoms with E-state index < -0.39 is 17.8 Å². The van der Waals surface area contributed by atoms with E-state index in [0.29, 0.717) is 10.0 Å². The summed E-state index contributed by atoms with van der Waals surface area (Å²) in [5.74, 6) is 5.49. The van der Waals surface area contributed by atoms with Crippen molar-refractivity contribution in [3.05, 3.63) is 63.4 Å². The first-order chi connectivity index (χ1) is 9.84. The second kappa shape index (κ2) is 6.13. The Morgan fingerprint density at radius 1 is 1.24 bits per heavy atom. The van der Waals surface area contributed by atoms with Gasteiger partial charge in [0.1, 0.15) is 0 Å². The fourth-order valence-corrected chi connectivity index (χ4v) is 2.83. The third-order valence-corrected chi connectivity index (χ3v) is 3.79. The number of hydrazine groups is 1. The minimum atomic E-state index is -4.47. The number of aromatic nitrogens is 1. The molecule has 0 spiro atoms. The topological polar surface area (TPSA) is 50.9 Å². The van der Waals surface area contributed by atoms with Gasteiger partial charge in [0.25, 0.3) is 0 Å². The molecule has 0 aliphatic carbocycles. The van der Waals surface area contributed by atoms with Crippen molar-refractivity contribution in [3.63, 3.8) is 0 Å². The van der Waals surface area contributed by atoms with Crippen LogP contribution in [0, 0.1) is 6.92 Å². The number of hydrogen-bond donors (Lipinski definition) is 2. The van der Waals surface area contributed by atoms with Gasteiger partial charge in [0, 0.05) is 22.4 Å². The van der Waals surface area contributed by atoms with Crippen molar-refractivity contribution in [1.82, 2.24) is 10.4 Å². The van der Waals surface area contributed by atoms with Crippen molar-refractivity contribution < 1.29 is 13.2 Å². The van der Waals surface area contributed by atoms with Crippen molar-refractivity contribution in [2.45, 2.75) is 19.1 Å². The standard InChI is InChI=1S/C14H13BrF3N3/c1-8-2-3-9(12(15)6-8)13(21-19)10-7-20-5-4-11(10)14(16,17)18/h2-7,13,21H,19H2,1H3. The number of alkyl halides is 3. The van der Waals surface area contributed by atoms with E-state index in [-0.39, 0.29) is 5.56 Å². The number of nitrogens with zero attached hydrogens (tertiary/aromatic N) is 1. The molecule has 0 fully saturated rings. The van der Waals surface area contributed by atoms with Crippen LogP contribution in [0.2, 0.25) is 0 Å². The number of nitrogens with two attached hydrogens (primary N) is 1. The first-order valence-electron chi connectivity index (χ1n) is 6.08. The lowest BCUT2D eigenvalue weighted by molar-refractivity contribution is -0.138. The van der Waals surface area contributed by atoms with Gasteiger partial charge in [0.05, 0.1) is 11.6 Å². The summed E-state index contributed by atoms with van der Waals surface area (Å²) in [4.78, 5) is 3.79. The average molecular weight is 360 g/mol. The van der Waals surface area contributed by atoms with Crippen LogP contribution in [0.3, 0.4) is 0 Å². The van der Waals surface area contributed by atoms with Crippen LogP contribution in [-0.2, 0) is 6.18 Å². The molecule has 21 heavy (non-hydrogen) atoms. The number of halogens is 4. The van der Waals surface area contributed by atoms with Crippen LogP contribution < -0.4 is 11.3 Å². The second-order valence-electron chi connectivity index (χ2n) is 4.59. The largest absolute Gasteiger partial charge is 0.416 e. The van der Waals surface area contributed by atoms with Crippen LogP contribution in [0.15, 0.2) is 41.1 Å². The van der Waals surface area contributed by atoms with Gasteiger partial charge in [-0.05, 0) is 30.2 Å². The highest BCUT2D eigenvalue weighted by Gasteiger charge is 2.35. The predicted molar refractivity (Wildman–Crippen MR) is 77.3 cm³/mol. The summed E-state index contributed by atoms with van der Waals surface area (Å²) in [5.41, 5.74) is 3.27. The van der Waals surface area contributed by atoms with E-state index in [4.69, 9.17) is 5.84 Å². The summed E-state index contributed by atoms with van der Waals surface area (Å²) >= 11 is 3.36. The van der Waals surface area contributed by atoms with Crippen LogP contribution >= 0.6 is 15.9 Å². The van der Waals surface area contributed by atoms with E-state index in [1.807, 2.05) is 19.1 Å². The lowest BCUT2D eigenvalue weighted by atomic mass is 9.95. The lowest BCUT2D eigenvalue weighted by Crippen LogP contribution is -2.31. The maximum atomic E-state index is 13.1. The van der Waals surface area contributed by atoms with Crippen molar-refractivity contribution in [2.24, 2.45) is 5.84 Å². The smallest absolute Gasteiger partial charge is 0.271 e. The maximum absolute atomic E-state index is 13.1. The molecular formula is C14H13BrF3N3. The molecule has 3 N–H and O–H groups in total. The van der Waals surface area contributed by atoms with Gasteiger partial charge in [0.2, 0.25) is 0 Å². The zero-order valence-corrected chi connectivity index (χ0v) is 12.7. The Morgan fingerprint density at radius 2 is 1.95 bits per heavy atom. The fourth-order valence-electron chi connectivity index (χ4n) is 2.11. The lowest BCUT2D eigenvalue weighted by Gasteiger charge is -2.22. The number of rotatable bonds is 3. The Balaban J connectivity index is 2.57. The zero-order valence-electron chi connectivity index (χ0n) is 11.1. The molecule has 0 radical (unpaired) electrons. The highest BCUT2D eigenvalue weighted by molar-refractivity contribution is 9.10. The summed E-state index contributed by atoms with van der Waals surface area (Å²) in [6.07, 6.45) is -2.17. The van der Waals surface area contributed by atoms with Gasteiger partial charge in [-0.1, -0.05) is 28.1 Å². The predicted octanol–water partition coefficient (Wildman–Crippen LogP) is 3.72. The van der Waals surface area contributed by atoms with Crippen molar-refractivity contribution >= 4 is 15.9 Å². The molecule has 1 atom stereocenters. The second-order valence-corrected chi connectivity index (χ2v) is 5.44. The minimum Gasteiger partial charge on any atom is -0.271 e. The van der Waals surface area contributed by atoms with Gasteiger partial charge in [-0.15, -0.1) is 0 Å². The third-order valence-electron chi connectivity index (χ3n) is 3.10. The molecule has 0 saturated heterocycles. The van der Waals surface area contributed by atoms with Crippen LogP contribution in [-0.4, -0.2) is 4.98 Å². The van der Waals surface area contributed by atoms with Crippen LogP contribution in [0.1, 0.15) is 28.3 Å². The molecule has 3 nitrogen and oxygen atoms in total. The summed E-state index contributed by atoms with van der Waals surface area (Å²) in [6.45, 7) is 1.89. The summed E-state index contributed by atoms with van der Waals surface area (Å²) in [7, 11) is 0. The number of benzene rings is 1. The highest BCUT2D eigenvalue weighted by Crippen LogP contribution is 2.37. The summed E-state index contributed by atoms with van der Waals surface area (Å²) in [5, 5.41) is 0. The molecule has 1 unspecified atom stereocenters. The van der Waals surface area contributed by atoms with Crippen LogP contribution in [0.25, 0.3) is 0 Å². The highest BCUT2D eigenvalue weighted by atomic mass is 79.9. The Labute approximate surface area is 128 Å². The van der Waals surface area contributed by atoms with E-state index in [1.54, 1.807) is 6.07 Å². The number of aryl methyl sites for hydroxylation is 1. The SMILES string of the molecule is Cc1ccc(C(NN)c2cnccc2C(F)(F)F)c(Br)c1. The molecule has 0 amide bonds. The van der Waals surface area contributed by atoms with E-state index in [2.05, 4.69) is 26.3 Å². The molecule has 0 aliphatic rings. The zero-order chi connectivity index (χ0) is 15.6. The third kappa shape index (κ3) is 3.42. The summed E-state index contributed by atoms with van der Waals surface area (Å²) in [6, 6.07) is 5.50. The molecule has 1 heterocycles. The van der Waals surface area contributed by atoms with Crippen LogP contribution in [0.5, 0.6) is 0 Å². The number of pyridine rings is 1. The molecule has 0 saturated carbocycles. The Morgan fingerprint density at radius 3 is 2.52 bits per heavy atom. The minimum absolute atomic E-state index is 0.0166. The molecular weight excluding hydrogens is 347 g/mol. The van der Waals surface area contributed by atoms with E-state index in [0.717, 1.165) is 17.8 Å². The molecule has 7 heteroatoms. The molecule has 0 aliphatic heterocycles. The molecule has 1 aromatic heterocycles. The van der Waals surface area contributed by atoms with Gasteiger partial charge in [0.15, 0.2) is 0 Å². The molecule has 112 valence electrons. The Hall–Kier alpha value is -1.44. The van der Waals surface area contributed by atoms with Gasteiger partial charge in [-0.25, -0.2) is 5.43 Å². The average Bonchev–Trinajstić information content (AvgIpc) is 2.41. The Kier molecular flexibility index (Phi) is 4.65.